The van der Waals surface area contributed by atoms with Crippen molar-refractivity contribution in [2.75, 3.05) is 13.1 Å². The number of amides is 1. The molecule has 3 heterocycles. The number of allylic oxidation sites excluding steroid dienone is 1. The molecular weight excluding hydrogens is 585 g/mol. The average molecular weight is 615 g/mol. The predicted molar refractivity (Wildman–Crippen MR) is 161 cm³/mol. The lowest BCUT2D eigenvalue weighted by atomic mass is 9.77. The van der Waals surface area contributed by atoms with Crippen molar-refractivity contribution in [3.63, 3.8) is 0 Å². The Kier molecular flexibility index (Phi) is 7.90. The second-order valence-corrected chi connectivity index (χ2v) is 14.5. The van der Waals surface area contributed by atoms with Crippen LogP contribution in [0.5, 0.6) is 0 Å². The van der Waals surface area contributed by atoms with Gasteiger partial charge in [0, 0.05) is 35.0 Å². The van der Waals surface area contributed by atoms with Crippen LogP contribution in [0.25, 0.3) is 6.08 Å². The summed E-state index contributed by atoms with van der Waals surface area (Å²) >= 11 is 13.5. The summed E-state index contributed by atoms with van der Waals surface area (Å²) in [4.78, 5) is 14.1. The number of carbonyl (C=O) groups excluding carboxylic acids is 1. The van der Waals surface area contributed by atoms with Crippen LogP contribution in [-0.2, 0) is 14.8 Å². The van der Waals surface area contributed by atoms with Crippen LogP contribution in [0.2, 0.25) is 10.0 Å². The summed E-state index contributed by atoms with van der Waals surface area (Å²) in [6, 6.07) is 18.6. The van der Waals surface area contributed by atoms with Crippen molar-refractivity contribution in [2.24, 2.45) is 16.9 Å². The van der Waals surface area contributed by atoms with Crippen molar-refractivity contribution in [3.8, 4) is 0 Å². The topological polar surface area (TPSA) is 70.1 Å². The number of carbonyl (C=O) groups is 1. The Morgan fingerprint density at radius 2 is 1.62 bits per heavy atom. The molecule has 1 amide bonds. The van der Waals surface area contributed by atoms with Crippen molar-refractivity contribution in [1.82, 2.24) is 9.31 Å². The zero-order valence-corrected chi connectivity index (χ0v) is 24.9. The molecule has 0 unspecified atom stereocenters. The quantitative estimate of drug-likeness (QED) is 0.303. The summed E-state index contributed by atoms with van der Waals surface area (Å²) in [7, 11) is -3.53. The summed E-state index contributed by atoms with van der Waals surface area (Å²) in [6.07, 6.45) is 5.93. The van der Waals surface area contributed by atoms with Crippen LogP contribution in [-0.4, -0.2) is 42.4 Å². The maximum absolute atomic E-state index is 14.1. The van der Waals surface area contributed by atoms with Crippen molar-refractivity contribution in [1.29, 1.82) is 0 Å². The van der Waals surface area contributed by atoms with Crippen molar-refractivity contribution in [3.05, 3.63) is 92.8 Å². The number of benzene rings is 2. The lowest BCUT2D eigenvalue weighted by molar-refractivity contribution is -0.139. The molecule has 1 aliphatic carbocycles. The Morgan fingerprint density at radius 3 is 2.27 bits per heavy atom. The molecular formula is C30H29Cl2N3O3S2. The number of thiophene rings is 1. The Hall–Kier alpha value is -2.49. The molecule has 1 aromatic heterocycles. The molecule has 0 radical (unpaired) electrons. The maximum atomic E-state index is 14.1. The molecule has 3 aliphatic rings. The van der Waals surface area contributed by atoms with Crippen molar-refractivity contribution < 1.29 is 13.2 Å². The number of hydrogen-bond donors (Lipinski definition) is 0. The SMILES string of the molecule is O=C(C1CCN(S(=O)(=O)c2cccs2)CC1)N1N=C2/C(=C\c3ccc(Cl)cc3)CCC[C@@H]2[C@H]1c1ccc(Cl)cc1. The van der Waals surface area contributed by atoms with Gasteiger partial charge in [-0.15, -0.1) is 11.3 Å². The first-order chi connectivity index (χ1) is 19.3. The lowest BCUT2D eigenvalue weighted by Crippen LogP contribution is -2.43. The summed E-state index contributed by atoms with van der Waals surface area (Å²) < 4.78 is 27.9. The minimum absolute atomic E-state index is 0.0409. The number of rotatable bonds is 5. The third-order valence-electron chi connectivity index (χ3n) is 8.04. The molecule has 2 aromatic carbocycles. The van der Waals surface area contributed by atoms with Gasteiger partial charge in [-0.3, -0.25) is 4.79 Å². The highest BCUT2D eigenvalue weighted by atomic mass is 35.5. The molecule has 2 aliphatic heterocycles. The molecule has 2 fully saturated rings. The van der Waals surface area contributed by atoms with E-state index in [1.54, 1.807) is 22.5 Å². The number of hydrogen-bond acceptors (Lipinski definition) is 5. The Bertz CT molecular complexity index is 1540. The monoisotopic (exact) mass is 613 g/mol. The second-order valence-electron chi connectivity index (χ2n) is 10.5. The van der Waals surface area contributed by atoms with Gasteiger partial charge in [0.2, 0.25) is 5.91 Å². The largest absolute Gasteiger partial charge is 0.273 e. The van der Waals surface area contributed by atoms with Crippen LogP contribution < -0.4 is 0 Å². The fourth-order valence-corrected chi connectivity index (χ4v) is 8.87. The van der Waals surface area contributed by atoms with E-state index in [1.807, 2.05) is 48.5 Å². The second kappa shape index (κ2) is 11.4. The standard InChI is InChI=1S/C30H29Cl2N3O3S2/c31-24-10-6-20(7-11-24)19-23-3-1-4-26-28(23)33-35(29(26)21-8-12-25(32)13-9-21)30(36)22-14-16-34(17-15-22)40(37,38)27-5-2-18-39-27/h2,5-13,18-19,22,26,29H,1,3-4,14-17H2/b23-19-/t26-,29+/m0/s1. The van der Waals surface area contributed by atoms with Gasteiger partial charge >= 0.3 is 0 Å². The lowest BCUT2D eigenvalue weighted by Gasteiger charge is -2.34. The molecule has 6 nitrogen and oxygen atoms in total. The summed E-state index contributed by atoms with van der Waals surface area (Å²) in [5.74, 6) is -0.254. The van der Waals surface area contributed by atoms with E-state index in [0.717, 1.165) is 41.7 Å². The van der Waals surface area contributed by atoms with Gasteiger partial charge in [0.25, 0.3) is 10.0 Å². The van der Waals surface area contributed by atoms with E-state index in [4.69, 9.17) is 28.3 Å². The fraction of sp³-hybridized carbons (Fsp3) is 0.333. The van der Waals surface area contributed by atoms with Crippen LogP contribution in [0.3, 0.4) is 0 Å². The molecule has 6 rings (SSSR count). The molecule has 2 atom stereocenters. The number of fused-ring (bicyclic) bond motifs is 1. The van der Waals surface area contributed by atoms with Gasteiger partial charge in [0.1, 0.15) is 4.21 Å². The number of sulfonamides is 1. The summed E-state index contributed by atoms with van der Waals surface area (Å²) in [6.45, 7) is 0.635. The zero-order chi connectivity index (χ0) is 27.9. The molecule has 10 heteroatoms. The molecule has 0 bridgehead atoms. The van der Waals surface area contributed by atoms with E-state index in [9.17, 15) is 13.2 Å². The van der Waals surface area contributed by atoms with Crippen LogP contribution in [0.15, 0.2) is 80.9 Å². The van der Waals surface area contributed by atoms with Gasteiger partial charge in [-0.25, -0.2) is 13.4 Å². The number of nitrogens with zero attached hydrogens (tertiary/aromatic N) is 3. The Morgan fingerprint density at radius 1 is 0.950 bits per heavy atom. The minimum atomic E-state index is -3.53. The molecule has 208 valence electrons. The zero-order valence-electron chi connectivity index (χ0n) is 21.7. The normalized spacial score (nSPS) is 23.3. The van der Waals surface area contributed by atoms with E-state index >= 15 is 0 Å². The van der Waals surface area contributed by atoms with Gasteiger partial charge in [-0.2, -0.15) is 9.41 Å². The summed E-state index contributed by atoms with van der Waals surface area (Å²) in [5.41, 5.74) is 4.17. The van der Waals surface area contributed by atoms with E-state index in [0.29, 0.717) is 40.2 Å². The highest BCUT2D eigenvalue weighted by Gasteiger charge is 2.46. The highest BCUT2D eigenvalue weighted by molar-refractivity contribution is 7.91. The predicted octanol–water partition coefficient (Wildman–Crippen LogP) is 7.28. The molecule has 3 aromatic rings. The van der Waals surface area contributed by atoms with Gasteiger partial charge in [-0.1, -0.05) is 53.5 Å². The molecule has 1 saturated carbocycles. The van der Waals surface area contributed by atoms with E-state index in [1.165, 1.54) is 15.6 Å². The van der Waals surface area contributed by atoms with E-state index in [-0.39, 0.29) is 23.8 Å². The van der Waals surface area contributed by atoms with Crippen molar-refractivity contribution >= 4 is 62.3 Å². The minimum Gasteiger partial charge on any atom is -0.273 e. The van der Waals surface area contributed by atoms with Gasteiger partial charge in [0.15, 0.2) is 0 Å². The third-order valence-corrected chi connectivity index (χ3v) is 11.8. The molecule has 1 saturated heterocycles. The van der Waals surface area contributed by atoms with Gasteiger partial charge in [0.05, 0.1) is 11.8 Å². The van der Waals surface area contributed by atoms with E-state index < -0.39 is 10.0 Å². The molecule has 40 heavy (non-hydrogen) atoms. The number of piperidine rings is 1. The first-order valence-corrected chi connectivity index (χ1v) is 16.6. The Labute approximate surface area is 249 Å². The smallest absolute Gasteiger partial charge is 0.252 e. The number of halogens is 2. The van der Waals surface area contributed by atoms with Crippen molar-refractivity contribution in [2.45, 2.75) is 42.4 Å². The maximum Gasteiger partial charge on any atom is 0.252 e. The fourth-order valence-electron chi connectivity index (χ4n) is 6.00. The van der Waals surface area contributed by atoms with E-state index in [2.05, 4.69) is 6.08 Å². The average Bonchev–Trinajstić information content (AvgIpc) is 3.64. The van der Waals surface area contributed by atoms with Crippen LogP contribution in [0.1, 0.15) is 49.3 Å². The molecule has 0 spiro atoms. The molecule has 0 N–H and O–H groups in total. The van der Waals surface area contributed by atoms with Gasteiger partial charge < -0.3 is 0 Å². The number of hydrazone groups is 1. The van der Waals surface area contributed by atoms with Crippen LogP contribution in [0.4, 0.5) is 0 Å². The Balaban J connectivity index is 1.28. The highest BCUT2D eigenvalue weighted by Crippen LogP contribution is 2.45. The first kappa shape index (κ1) is 27.7. The summed E-state index contributed by atoms with van der Waals surface area (Å²) in [5, 5.41) is 9.81. The first-order valence-electron chi connectivity index (χ1n) is 13.5. The van der Waals surface area contributed by atoms with Crippen LogP contribution >= 0.6 is 34.5 Å². The third kappa shape index (κ3) is 5.40. The van der Waals surface area contributed by atoms with Crippen LogP contribution in [0, 0.1) is 11.8 Å². The van der Waals surface area contributed by atoms with Gasteiger partial charge in [-0.05, 0) is 90.6 Å².